The van der Waals surface area contributed by atoms with E-state index in [1.807, 2.05) is 13.8 Å². The average Bonchev–Trinajstić information content (AvgIpc) is 3.18. The van der Waals surface area contributed by atoms with Crippen LogP contribution in [0.3, 0.4) is 0 Å². The maximum atomic E-state index is 13.0. The smallest absolute Gasteiger partial charge is 0.341 e. The second-order valence-electron chi connectivity index (χ2n) is 7.86. The van der Waals surface area contributed by atoms with Crippen LogP contribution in [0.25, 0.3) is 0 Å². The Morgan fingerprint density at radius 1 is 1.17 bits per heavy atom. The Morgan fingerprint density at radius 2 is 1.83 bits per heavy atom. The number of hydrogen-bond acceptors (Lipinski definition) is 6. The fourth-order valence-corrected chi connectivity index (χ4v) is 5.71. The van der Waals surface area contributed by atoms with E-state index in [9.17, 15) is 19.2 Å². The van der Waals surface area contributed by atoms with Crippen LogP contribution in [-0.2, 0) is 27.2 Å². The molecule has 164 valence electrons. The fourth-order valence-electron chi connectivity index (χ4n) is 4.42. The normalized spacial score (nSPS) is 17.5. The highest BCUT2D eigenvalue weighted by Crippen LogP contribution is 2.38. The molecule has 0 bridgehead atoms. The number of thiophene rings is 1. The lowest BCUT2D eigenvalue weighted by Crippen LogP contribution is -2.47. The number of carbonyl (C=O) groups excluding carboxylic acids is 4. The second kappa shape index (κ2) is 9.16. The van der Waals surface area contributed by atoms with Gasteiger partial charge in [-0.3, -0.25) is 14.5 Å². The van der Waals surface area contributed by atoms with Crippen molar-refractivity contribution in [3.05, 3.63) is 16.0 Å². The molecule has 0 aromatic carbocycles. The molecule has 4 amide bonds. The van der Waals surface area contributed by atoms with Crippen molar-refractivity contribution < 1.29 is 23.9 Å². The maximum absolute atomic E-state index is 13.0. The van der Waals surface area contributed by atoms with E-state index in [1.165, 1.54) is 18.4 Å². The number of urea groups is 1. The Morgan fingerprint density at radius 3 is 2.47 bits per heavy atom. The predicted molar refractivity (Wildman–Crippen MR) is 114 cm³/mol. The molecule has 1 fully saturated rings. The average molecular weight is 436 g/mol. The van der Waals surface area contributed by atoms with Crippen LogP contribution in [0.2, 0.25) is 0 Å². The molecule has 30 heavy (non-hydrogen) atoms. The molecular weight excluding hydrogens is 406 g/mol. The molecule has 0 radical (unpaired) electrons. The van der Waals surface area contributed by atoms with Crippen molar-refractivity contribution in [2.75, 3.05) is 19.0 Å². The number of rotatable bonds is 8. The van der Waals surface area contributed by atoms with Gasteiger partial charge in [0, 0.05) is 4.88 Å². The van der Waals surface area contributed by atoms with Crippen molar-refractivity contribution in [1.29, 1.82) is 0 Å². The van der Waals surface area contributed by atoms with Gasteiger partial charge in [-0.1, -0.05) is 26.7 Å². The summed E-state index contributed by atoms with van der Waals surface area (Å²) in [6.45, 7) is 3.53. The number of carbonyl (C=O) groups is 4. The highest BCUT2D eigenvalue weighted by molar-refractivity contribution is 7.17. The molecule has 0 atom stereocenters. The minimum Gasteiger partial charge on any atom is -0.465 e. The van der Waals surface area contributed by atoms with Crippen molar-refractivity contribution in [1.82, 2.24) is 10.2 Å². The number of aryl methyl sites for hydroxylation is 1. The van der Waals surface area contributed by atoms with Gasteiger partial charge in [-0.25, -0.2) is 9.59 Å². The first-order valence-electron chi connectivity index (χ1n) is 10.5. The van der Waals surface area contributed by atoms with Gasteiger partial charge in [-0.2, -0.15) is 0 Å². The lowest BCUT2D eigenvalue weighted by Gasteiger charge is -2.25. The molecule has 2 N–H and O–H groups in total. The van der Waals surface area contributed by atoms with E-state index in [-0.39, 0.29) is 12.5 Å². The van der Waals surface area contributed by atoms with Gasteiger partial charge in [0.15, 0.2) is 0 Å². The zero-order chi connectivity index (χ0) is 21.9. The highest BCUT2D eigenvalue weighted by Gasteiger charge is 2.50. The van der Waals surface area contributed by atoms with Gasteiger partial charge in [-0.15, -0.1) is 11.3 Å². The zero-order valence-corrected chi connectivity index (χ0v) is 18.6. The predicted octanol–water partition coefficient (Wildman–Crippen LogP) is 3.24. The topological polar surface area (TPSA) is 105 Å². The largest absolute Gasteiger partial charge is 0.465 e. The van der Waals surface area contributed by atoms with Crippen LogP contribution in [0.1, 0.15) is 73.2 Å². The van der Waals surface area contributed by atoms with Crippen molar-refractivity contribution in [2.24, 2.45) is 0 Å². The quantitative estimate of drug-likeness (QED) is 0.482. The van der Waals surface area contributed by atoms with Gasteiger partial charge < -0.3 is 15.4 Å². The SMILES string of the molecule is CCCC1(CCC)NC(=O)N(CC(=O)Nc2sc3c(c2C(=O)OC)CCCC3)C1=O. The Labute approximate surface area is 180 Å². The first-order chi connectivity index (χ1) is 14.4. The summed E-state index contributed by atoms with van der Waals surface area (Å²) in [7, 11) is 1.31. The molecule has 0 saturated carbocycles. The fraction of sp³-hybridized carbons (Fsp3) is 0.619. The van der Waals surface area contributed by atoms with E-state index in [4.69, 9.17) is 4.74 Å². The van der Waals surface area contributed by atoms with Crippen LogP contribution in [0, 0.1) is 0 Å². The first kappa shape index (κ1) is 22.3. The number of ether oxygens (including phenoxy) is 1. The van der Waals surface area contributed by atoms with E-state index < -0.39 is 23.4 Å². The number of nitrogens with one attached hydrogen (secondary N) is 2. The summed E-state index contributed by atoms with van der Waals surface area (Å²) in [5.74, 6) is -1.35. The van der Waals surface area contributed by atoms with E-state index >= 15 is 0 Å². The third-order valence-corrected chi connectivity index (χ3v) is 6.92. The lowest BCUT2D eigenvalue weighted by atomic mass is 9.88. The van der Waals surface area contributed by atoms with Crippen molar-refractivity contribution in [3.63, 3.8) is 0 Å². The molecule has 1 aromatic rings. The van der Waals surface area contributed by atoms with Crippen LogP contribution in [0.15, 0.2) is 0 Å². The number of anilines is 1. The monoisotopic (exact) mass is 435 g/mol. The van der Waals surface area contributed by atoms with E-state index in [0.717, 1.165) is 53.9 Å². The number of methoxy groups -OCH3 is 1. The molecule has 3 rings (SSSR count). The number of hydrogen-bond donors (Lipinski definition) is 2. The molecule has 1 aliphatic carbocycles. The summed E-state index contributed by atoms with van der Waals surface area (Å²) in [5, 5.41) is 5.98. The Kier molecular flexibility index (Phi) is 6.80. The van der Waals surface area contributed by atoms with Gasteiger partial charge in [-0.05, 0) is 44.1 Å². The molecule has 1 aliphatic heterocycles. The lowest BCUT2D eigenvalue weighted by molar-refractivity contribution is -0.134. The van der Waals surface area contributed by atoms with E-state index in [0.29, 0.717) is 23.4 Å². The third kappa shape index (κ3) is 4.08. The molecule has 8 nitrogen and oxygen atoms in total. The van der Waals surface area contributed by atoms with Crippen molar-refractivity contribution in [3.8, 4) is 0 Å². The number of nitrogens with zero attached hydrogens (tertiary/aromatic N) is 1. The number of fused-ring (bicyclic) bond motifs is 1. The molecular formula is C21H29N3O5S. The summed E-state index contributed by atoms with van der Waals surface area (Å²) in [6.07, 6.45) is 6.23. The van der Waals surface area contributed by atoms with Gasteiger partial charge in [0.2, 0.25) is 5.91 Å². The summed E-state index contributed by atoms with van der Waals surface area (Å²) in [4.78, 5) is 52.6. The summed E-state index contributed by atoms with van der Waals surface area (Å²) >= 11 is 1.37. The maximum Gasteiger partial charge on any atom is 0.341 e. The van der Waals surface area contributed by atoms with Gasteiger partial charge in [0.1, 0.15) is 17.1 Å². The van der Waals surface area contributed by atoms with Gasteiger partial charge in [0.05, 0.1) is 12.7 Å². The molecule has 2 aliphatic rings. The van der Waals surface area contributed by atoms with E-state index in [2.05, 4.69) is 10.6 Å². The van der Waals surface area contributed by atoms with Crippen LogP contribution < -0.4 is 10.6 Å². The Hall–Kier alpha value is -2.42. The summed E-state index contributed by atoms with van der Waals surface area (Å²) < 4.78 is 4.92. The van der Waals surface area contributed by atoms with Crippen LogP contribution in [-0.4, -0.2) is 47.9 Å². The first-order valence-corrected chi connectivity index (χ1v) is 11.3. The third-order valence-electron chi connectivity index (χ3n) is 5.71. The molecule has 1 aromatic heterocycles. The minimum atomic E-state index is -0.930. The van der Waals surface area contributed by atoms with Gasteiger partial charge in [0.25, 0.3) is 5.91 Å². The number of esters is 1. The number of imide groups is 1. The van der Waals surface area contributed by atoms with E-state index in [1.54, 1.807) is 0 Å². The second-order valence-corrected chi connectivity index (χ2v) is 8.96. The molecule has 1 saturated heterocycles. The van der Waals surface area contributed by atoms with Crippen molar-refractivity contribution >= 4 is 40.2 Å². The summed E-state index contributed by atoms with van der Waals surface area (Å²) in [6, 6.07) is -0.546. The minimum absolute atomic E-state index is 0.356. The van der Waals surface area contributed by atoms with Gasteiger partial charge >= 0.3 is 12.0 Å². The Balaban J connectivity index is 1.78. The molecule has 0 spiro atoms. The number of amides is 4. The van der Waals surface area contributed by atoms with Crippen molar-refractivity contribution in [2.45, 2.75) is 70.8 Å². The van der Waals surface area contributed by atoms with Crippen LogP contribution in [0.5, 0.6) is 0 Å². The van der Waals surface area contributed by atoms with Crippen LogP contribution in [0.4, 0.5) is 9.80 Å². The summed E-state index contributed by atoms with van der Waals surface area (Å²) in [5.41, 5.74) is 0.405. The molecule has 9 heteroatoms. The molecule has 2 heterocycles. The van der Waals surface area contributed by atoms with Crippen LogP contribution >= 0.6 is 11.3 Å². The standard InChI is InChI=1S/C21H29N3O5S/c1-4-10-21(11-5-2)19(27)24(20(28)23-21)12-15(25)22-17-16(18(26)29-3)13-8-6-7-9-14(13)30-17/h4-12H2,1-3H3,(H,22,25)(H,23,28). The highest BCUT2D eigenvalue weighted by atomic mass is 32.1. The molecule has 0 unspecified atom stereocenters. The zero-order valence-electron chi connectivity index (χ0n) is 17.8. The Bertz CT molecular complexity index is 857.